The molecule has 1 saturated heterocycles. The van der Waals surface area contributed by atoms with Crippen LogP contribution in [0, 0.1) is 0 Å². The molecule has 0 radical (unpaired) electrons. The average molecular weight is 261 g/mol. The van der Waals surface area contributed by atoms with E-state index in [0.717, 1.165) is 0 Å². The molecule has 2 heterocycles. The summed E-state index contributed by atoms with van der Waals surface area (Å²) >= 11 is 0. The molecule has 3 rings (SSSR count). The Balaban J connectivity index is 1.91. The van der Waals surface area contributed by atoms with Crippen molar-refractivity contribution in [3.05, 3.63) is 36.1 Å². The lowest BCUT2D eigenvalue weighted by atomic mass is 10.1. The molecule has 0 amide bonds. The Labute approximate surface area is 108 Å². The lowest BCUT2D eigenvalue weighted by Crippen LogP contribution is -2.38. The molecule has 98 valence electrons. The van der Waals surface area contributed by atoms with Crippen molar-refractivity contribution in [1.82, 2.24) is 5.16 Å². The second-order valence-corrected chi connectivity index (χ2v) is 4.16. The van der Waals surface area contributed by atoms with Crippen LogP contribution in [0.3, 0.4) is 0 Å². The molecule has 1 aliphatic heterocycles. The number of carboxylic acid groups (broad SMARTS) is 1. The molecule has 0 atom stereocenters. The molecule has 1 fully saturated rings. The smallest absolute Gasteiger partial charge is 0.374 e. The fraction of sp³-hybridized carbons (Fsp3) is 0.231. The van der Waals surface area contributed by atoms with E-state index in [-0.39, 0.29) is 11.9 Å². The van der Waals surface area contributed by atoms with Crippen molar-refractivity contribution in [2.75, 3.05) is 13.2 Å². The molecule has 0 aliphatic carbocycles. The third kappa shape index (κ3) is 2.30. The number of hydrogen-bond donors (Lipinski definition) is 1. The number of benzene rings is 1. The summed E-state index contributed by atoms with van der Waals surface area (Å²) in [7, 11) is 0. The zero-order valence-corrected chi connectivity index (χ0v) is 9.91. The quantitative estimate of drug-likeness (QED) is 0.904. The van der Waals surface area contributed by atoms with Crippen LogP contribution in [0.25, 0.3) is 11.3 Å². The van der Waals surface area contributed by atoms with Gasteiger partial charge in [0.25, 0.3) is 0 Å². The zero-order valence-electron chi connectivity index (χ0n) is 9.91. The van der Waals surface area contributed by atoms with Gasteiger partial charge in [0, 0.05) is 11.6 Å². The Morgan fingerprint density at radius 1 is 1.37 bits per heavy atom. The molecule has 0 unspecified atom stereocenters. The van der Waals surface area contributed by atoms with E-state index in [1.54, 1.807) is 6.07 Å². The van der Waals surface area contributed by atoms with Crippen LogP contribution in [0.2, 0.25) is 0 Å². The molecule has 1 aliphatic rings. The predicted molar refractivity (Wildman–Crippen MR) is 64.1 cm³/mol. The van der Waals surface area contributed by atoms with Gasteiger partial charge in [-0.1, -0.05) is 17.3 Å². The third-order valence-electron chi connectivity index (χ3n) is 2.79. The molecule has 19 heavy (non-hydrogen) atoms. The number of carboxylic acids is 1. The first-order valence-corrected chi connectivity index (χ1v) is 5.78. The van der Waals surface area contributed by atoms with Crippen LogP contribution >= 0.6 is 0 Å². The van der Waals surface area contributed by atoms with Crippen LogP contribution in [0.1, 0.15) is 10.6 Å². The van der Waals surface area contributed by atoms with Crippen molar-refractivity contribution in [2.45, 2.75) is 6.10 Å². The van der Waals surface area contributed by atoms with Crippen LogP contribution in [0.5, 0.6) is 5.75 Å². The Hall–Kier alpha value is -2.34. The Bertz CT molecular complexity index is 603. The summed E-state index contributed by atoms with van der Waals surface area (Å²) in [6, 6.07) is 8.66. The van der Waals surface area contributed by atoms with E-state index in [9.17, 15) is 4.79 Å². The van der Waals surface area contributed by atoms with E-state index in [4.69, 9.17) is 19.1 Å². The van der Waals surface area contributed by atoms with Crippen molar-refractivity contribution in [2.24, 2.45) is 0 Å². The summed E-state index contributed by atoms with van der Waals surface area (Å²) in [6.07, 6.45) is 0.0343. The van der Waals surface area contributed by atoms with Crippen LogP contribution < -0.4 is 4.74 Å². The van der Waals surface area contributed by atoms with Crippen molar-refractivity contribution < 1.29 is 23.9 Å². The highest BCUT2D eigenvalue weighted by Crippen LogP contribution is 2.30. The van der Waals surface area contributed by atoms with E-state index < -0.39 is 5.97 Å². The monoisotopic (exact) mass is 261 g/mol. The fourth-order valence-electron chi connectivity index (χ4n) is 1.75. The minimum absolute atomic E-state index is 0.0343. The van der Waals surface area contributed by atoms with E-state index >= 15 is 0 Å². The first-order chi connectivity index (χ1) is 9.24. The van der Waals surface area contributed by atoms with Gasteiger partial charge < -0.3 is 19.1 Å². The molecular formula is C13H11NO5. The maximum absolute atomic E-state index is 10.8. The van der Waals surface area contributed by atoms with Gasteiger partial charge in [0.15, 0.2) is 0 Å². The third-order valence-corrected chi connectivity index (χ3v) is 2.79. The maximum atomic E-state index is 10.8. The van der Waals surface area contributed by atoms with Crippen molar-refractivity contribution >= 4 is 5.97 Å². The van der Waals surface area contributed by atoms with Gasteiger partial charge in [-0.25, -0.2) is 4.79 Å². The van der Waals surface area contributed by atoms with Gasteiger partial charge in [0.1, 0.15) is 17.5 Å². The molecule has 0 spiro atoms. The minimum atomic E-state index is -1.15. The number of nitrogens with zero attached hydrogens (tertiary/aromatic N) is 1. The predicted octanol–water partition coefficient (Wildman–Crippen LogP) is 1.82. The average Bonchev–Trinajstić information content (AvgIpc) is 2.84. The van der Waals surface area contributed by atoms with Gasteiger partial charge >= 0.3 is 5.97 Å². The molecule has 6 nitrogen and oxygen atoms in total. The van der Waals surface area contributed by atoms with Crippen molar-refractivity contribution in [1.29, 1.82) is 0 Å². The number of carbonyl (C=O) groups is 1. The maximum Gasteiger partial charge on any atom is 0.374 e. The van der Waals surface area contributed by atoms with Gasteiger partial charge in [0.2, 0.25) is 5.76 Å². The van der Waals surface area contributed by atoms with Gasteiger partial charge in [-0.3, -0.25) is 0 Å². The number of hydrogen-bond acceptors (Lipinski definition) is 5. The van der Waals surface area contributed by atoms with E-state index in [0.29, 0.717) is 30.2 Å². The minimum Gasteiger partial charge on any atom is -0.485 e. The molecule has 1 aromatic heterocycles. The SMILES string of the molecule is O=C(O)c1cc(-c2ccccc2OC2COC2)no1. The summed E-state index contributed by atoms with van der Waals surface area (Å²) in [5, 5.41) is 12.6. The van der Waals surface area contributed by atoms with E-state index in [1.165, 1.54) is 6.07 Å². The zero-order chi connectivity index (χ0) is 13.2. The number of aromatic nitrogens is 1. The van der Waals surface area contributed by atoms with Crippen LogP contribution in [0.4, 0.5) is 0 Å². The summed E-state index contributed by atoms with van der Waals surface area (Å²) in [6.45, 7) is 1.13. The second kappa shape index (κ2) is 4.74. The fourth-order valence-corrected chi connectivity index (χ4v) is 1.75. The summed E-state index contributed by atoms with van der Waals surface area (Å²) in [5.74, 6) is -0.706. The van der Waals surface area contributed by atoms with Crippen LogP contribution in [0.15, 0.2) is 34.9 Å². The lowest BCUT2D eigenvalue weighted by molar-refractivity contribution is -0.0794. The Morgan fingerprint density at radius 3 is 2.79 bits per heavy atom. The summed E-state index contributed by atoms with van der Waals surface area (Å²) in [4.78, 5) is 10.8. The van der Waals surface area contributed by atoms with Crippen molar-refractivity contribution in [3.63, 3.8) is 0 Å². The van der Waals surface area contributed by atoms with Gasteiger partial charge in [-0.15, -0.1) is 0 Å². The molecule has 2 aromatic rings. The van der Waals surface area contributed by atoms with Gasteiger partial charge in [0.05, 0.1) is 13.2 Å². The first-order valence-electron chi connectivity index (χ1n) is 5.78. The normalized spacial score (nSPS) is 14.9. The number of para-hydroxylation sites is 1. The Morgan fingerprint density at radius 2 is 2.16 bits per heavy atom. The van der Waals surface area contributed by atoms with Crippen molar-refractivity contribution in [3.8, 4) is 17.0 Å². The largest absolute Gasteiger partial charge is 0.485 e. The molecule has 1 N–H and O–H groups in total. The lowest BCUT2D eigenvalue weighted by Gasteiger charge is -2.27. The van der Waals surface area contributed by atoms with Gasteiger partial charge in [-0.2, -0.15) is 0 Å². The Kier molecular flexibility index (Phi) is 2.92. The molecule has 0 saturated carbocycles. The highest BCUT2D eigenvalue weighted by Gasteiger charge is 2.22. The van der Waals surface area contributed by atoms with Crippen LogP contribution in [-0.4, -0.2) is 35.6 Å². The standard InChI is InChI=1S/C13H11NO5/c15-13(16)12-5-10(14-19-12)9-3-1-2-4-11(9)18-8-6-17-7-8/h1-5,8H,6-7H2,(H,15,16). The van der Waals surface area contributed by atoms with E-state index in [2.05, 4.69) is 5.16 Å². The highest BCUT2D eigenvalue weighted by molar-refractivity contribution is 5.86. The molecular weight excluding hydrogens is 250 g/mol. The van der Waals surface area contributed by atoms with Gasteiger partial charge in [-0.05, 0) is 12.1 Å². The molecule has 6 heteroatoms. The summed E-state index contributed by atoms with van der Waals surface area (Å²) < 4.78 is 15.6. The topological polar surface area (TPSA) is 81.8 Å². The highest BCUT2D eigenvalue weighted by atomic mass is 16.6. The second-order valence-electron chi connectivity index (χ2n) is 4.16. The number of rotatable bonds is 4. The summed E-state index contributed by atoms with van der Waals surface area (Å²) in [5.41, 5.74) is 1.14. The molecule has 1 aromatic carbocycles. The number of ether oxygens (including phenoxy) is 2. The van der Waals surface area contributed by atoms with Crippen LogP contribution in [-0.2, 0) is 4.74 Å². The first kappa shape index (κ1) is 11.7. The van der Waals surface area contributed by atoms with E-state index in [1.807, 2.05) is 18.2 Å². The molecule has 0 bridgehead atoms. The number of aromatic carboxylic acids is 1.